The SMILES string of the molecule is COc1ccccc1C(=O)Nc1ncccc1C. The second-order valence-corrected chi connectivity index (χ2v) is 3.82. The summed E-state index contributed by atoms with van der Waals surface area (Å²) in [4.78, 5) is 16.2. The predicted molar refractivity (Wildman–Crippen MR) is 69.9 cm³/mol. The van der Waals surface area contributed by atoms with E-state index < -0.39 is 0 Å². The maximum atomic E-state index is 12.1. The summed E-state index contributed by atoms with van der Waals surface area (Å²) in [6.45, 7) is 1.89. The molecular formula is C14H14N2O2. The van der Waals surface area contributed by atoms with Gasteiger partial charge in [-0.05, 0) is 30.7 Å². The molecule has 0 spiro atoms. The van der Waals surface area contributed by atoms with Gasteiger partial charge in [0, 0.05) is 6.20 Å². The molecule has 1 heterocycles. The van der Waals surface area contributed by atoms with Gasteiger partial charge in [-0.1, -0.05) is 18.2 Å². The van der Waals surface area contributed by atoms with E-state index in [-0.39, 0.29) is 5.91 Å². The van der Waals surface area contributed by atoms with Crippen LogP contribution in [0.15, 0.2) is 42.6 Å². The fourth-order valence-electron chi connectivity index (χ4n) is 1.62. The van der Waals surface area contributed by atoms with Crippen LogP contribution in [0.1, 0.15) is 15.9 Å². The van der Waals surface area contributed by atoms with Gasteiger partial charge in [-0.3, -0.25) is 4.79 Å². The summed E-state index contributed by atoms with van der Waals surface area (Å²) in [6.07, 6.45) is 1.64. The molecule has 18 heavy (non-hydrogen) atoms. The highest BCUT2D eigenvalue weighted by Gasteiger charge is 2.12. The van der Waals surface area contributed by atoms with E-state index in [9.17, 15) is 4.79 Å². The number of para-hydroxylation sites is 1. The normalized spacial score (nSPS) is 9.89. The lowest BCUT2D eigenvalue weighted by atomic mass is 10.2. The Morgan fingerprint density at radius 2 is 2.00 bits per heavy atom. The van der Waals surface area contributed by atoms with E-state index in [1.54, 1.807) is 24.4 Å². The highest BCUT2D eigenvalue weighted by molar-refractivity contribution is 6.06. The van der Waals surface area contributed by atoms with Crippen LogP contribution in [0.4, 0.5) is 5.82 Å². The monoisotopic (exact) mass is 242 g/mol. The Morgan fingerprint density at radius 3 is 2.72 bits per heavy atom. The third-order valence-corrected chi connectivity index (χ3v) is 2.59. The fourth-order valence-corrected chi connectivity index (χ4v) is 1.62. The molecule has 1 aromatic carbocycles. The minimum atomic E-state index is -0.228. The van der Waals surface area contributed by atoms with Crippen LogP contribution in [0.25, 0.3) is 0 Å². The number of hydrogen-bond donors (Lipinski definition) is 1. The van der Waals surface area contributed by atoms with Crippen molar-refractivity contribution in [2.45, 2.75) is 6.92 Å². The average molecular weight is 242 g/mol. The summed E-state index contributed by atoms with van der Waals surface area (Å²) in [6, 6.07) is 10.8. The van der Waals surface area contributed by atoms with Crippen LogP contribution in [0.2, 0.25) is 0 Å². The van der Waals surface area contributed by atoms with Gasteiger partial charge in [0.2, 0.25) is 0 Å². The number of pyridine rings is 1. The molecule has 4 heteroatoms. The first kappa shape index (κ1) is 12.1. The number of aryl methyl sites for hydroxylation is 1. The van der Waals surface area contributed by atoms with Gasteiger partial charge in [0.1, 0.15) is 11.6 Å². The molecule has 1 aromatic heterocycles. The van der Waals surface area contributed by atoms with Crippen LogP contribution in [0.3, 0.4) is 0 Å². The molecule has 0 saturated carbocycles. The van der Waals surface area contributed by atoms with E-state index in [1.807, 2.05) is 25.1 Å². The van der Waals surface area contributed by atoms with Crippen LogP contribution in [0.5, 0.6) is 5.75 Å². The second-order valence-electron chi connectivity index (χ2n) is 3.82. The number of amides is 1. The molecule has 0 aliphatic heterocycles. The first-order valence-electron chi connectivity index (χ1n) is 5.58. The van der Waals surface area contributed by atoms with Crippen molar-refractivity contribution in [2.75, 3.05) is 12.4 Å². The van der Waals surface area contributed by atoms with Crippen LogP contribution in [0, 0.1) is 6.92 Å². The van der Waals surface area contributed by atoms with Gasteiger partial charge in [0.25, 0.3) is 5.91 Å². The van der Waals surface area contributed by atoms with Gasteiger partial charge in [0.15, 0.2) is 0 Å². The molecule has 1 amide bonds. The van der Waals surface area contributed by atoms with Crippen LogP contribution < -0.4 is 10.1 Å². The molecule has 92 valence electrons. The number of benzene rings is 1. The van der Waals surface area contributed by atoms with Crippen molar-refractivity contribution in [3.05, 3.63) is 53.7 Å². The number of anilines is 1. The van der Waals surface area contributed by atoms with Crippen LogP contribution in [-0.2, 0) is 0 Å². The minimum absolute atomic E-state index is 0.228. The lowest BCUT2D eigenvalue weighted by Crippen LogP contribution is -2.14. The zero-order chi connectivity index (χ0) is 13.0. The van der Waals surface area contributed by atoms with Gasteiger partial charge >= 0.3 is 0 Å². The molecular weight excluding hydrogens is 228 g/mol. The standard InChI is InChI=1S/C14H14N2O2/c1-10-6-5-9-15-13(10)16-14(17)11-7-3-4-8-12(11)18-2/h3-9H,1-2H3,(H,15,16,17). The Labute approximate surface area is 106 Å². The molecule has 2 rings (SSSR count). The average Bonchev–Trinajstić information content (AvgIpc) is 2.41. The summed E-state index contributed by atoms with van der Waals surface area (Å²) in [5.74, 6) is 0.881. The Hall–Kier alpha value is -2.36. The van der Waals surface area contributed by atoms with E-state index in [0.717, 1.165) is 5.56 Å². The number of nitrogens with one attached hydrogen (secondary N) is 1. The Morgan fingerprint density at radius 1 is 1.22 bits per heavy atom. The van der Waals surface area contributed by atoms with Crippen molar-refractivity contribution < 1.29 is 9.53 Å². The highest BCUT2D eigenvalue weighted by atomic mass is 16.5. The molecule has 2 aromatic rings. The predicted octanol–water partition coefficient (Wildman–Crippen LogP) is 2.65. The minimum Gasteiger partial charge on any atom is -0.496 e. The molecule has 0 aliphatic rings. The van der Waals surface area contributed by atoms with Gasteiger partial charge in [-0.15, -0.1) is 0 Å². The van der Waals surface area contributed by atoms with E-state index in [4.69, 9.17) is 4.74 Å². The number of hydrogen-bond acceptors (Lipinski definition) is 3. The number of nitrogens with zero attached hydrogens (tertiary/aromatic N) is 1. The van der Waals surface area contributed by atoms with Gasteiger partial charge < -0.3 is 10.1 Å². The third-order valence-electron chi connectivity index (χ3n) is 2.59. The number of carbonyl (C=O) groups excluding carboxylic acids is 1. The number of carbonyl (C=O) groups is 1. The Bertz CT molecular complexity index is 567. The van der Waals surface area contributed by atoms with E-state index in [2.05, 4.69) is 10.3 Å². The molecule has 0 aliphatic carbocycles. The van der Waals surface area contributed by atoms with Crippen LogP contribution in [-0.4, -0.2) is 18.0 Å². The molecule has 0 saturated heterocycles. The molecule has 1 N–H and O–H groups in total. The van der Waals surface area contributed by atoms with Crippen LogP contribution >= 0.6 is 0 Å². The molecule has 0 fully saturated rings. The topological polar surface area (TPSA) is 51.2 Å². The molecule has 4 nitrogen and oxygen atoms in total. The number of aromatic nitrogens is 1. The van der Waals surface area contributed by atoms with E-state index in [1.165, 1.54) is 7.11 Å². The molecule has 0 radical (unpaired) electrons. The smallest absolute Gasteiger partial charge is 0.260 e. The first-order valence-corrected chi connectivity index (χ1v) is 5.58. The zero-order valence-electron chi connectivity index (χ0n) is 10.3. The van der Waals surface area contributed by atoms with Crippen molar-refractivity contribution >= 4 is 11.7 Å². The van der Waals surface area contributed by atoms with Gasteiger partial charge in [-0.25, -0.2) is 4.98 Å². The number of rotatable bonds is 3. The number of ether oxygens (including phenoxy) is 1. The summed E-state index contributed by atoms with van der Waals surface area (Å²) in [5.41, 5.74) is 1.41. The zero-order valence-corrected chi connectivity index (χ0v) is 10.3. The van der Waals surface area contributed by atoms with Gasteiger partial charge in [-0.2, -0.15) is 0 Å². The maximum Gasteiger partial charge on any atom is 0.260 e. The van der Waals surface area contributed by atoms with Crippen molar-refractivity contribution in [1.29, 1.82) is 0 Å². The summed E-state index contributed by atoms with van der Waals surface area (Å²) in [7, 11) is 1.54. The summed E-state index contributed by atoms with van der Waals surface area (Å²) >= 11 is 0. The van der Waals surface area contributed by atoms with Gasteiger partial charge in [0.05, 0.1) is 12.7 Å². The Kier molecular flexibility index (Phi) is 3.57. The summed E-state index contributed by atoms with van der Waals surface area (Å²) in [5, 5.41) is 2.77. The summed E-state index contributed by atoms with van der Waals surface area (Å²) < 4.78 is 5.15. The second kappa shape index (κ2) is 5.31. The van der Waals surface area contributed by atoms with E-state index in [0.29, 0.717) is 17.1 Å². The molecule has 0 unspecified atom stereocenters. The third kappa shape index (κ3) is 2.48. The van der Waals surface area contributed by atoms with Crippen molar-refractivity contribution in [1.82, 2.24) is 4.98 Å². The molecule has 0 bridgehead atoms. The quantitative estimate of drug-likeness (QED) is 0.900. The Balaban J connectivity index is 2.25. The first-order chi connectivity index (χ1) is 8.72. The lowest BCUT2D eigenvalue weighted by molar-refractivity contribution is 0.102. The van der Waals surface area contributed by atoms with Crippen molar-refractivity contribution in [3.8, 4) is 5.75 Å². The number of methoxy groups -OCH3 is 1. The van der Waals surface area contributed by atoms with Crippen molar-refractivity contribution in [2.24, 2.45) is 0 Å². The van der Waals surface area contributed by atoms with E-state index >= 15 is 0 Å². The lowest BCUT2D eigenvalue weighted by Gasteiger charge is -2.09. The molecule has 0 atom stereocenters. The largest absolute Gasteiger partial charge is 0.496 e. The fraction of sp³-hybridized carbons (Fsp3) is 0.143. The van der Waals surface area contributed by atoms with Crippen molar-refractivity contribution in [3.63, 3.8) is 0 Å². The maximum absolute atomic E-state index is 12.1. The highest BCUT2D eigenvalue weighted by Crippen LogP contribution is 2.19.